The van der Waals surface area contributed by atoms with Crippen molar-refractivity contribution < 1.29 is 10.2 Å². The van der Waals surface area contributed by atoms with Crippen LogP contribution in [0.15, 0.2) is 0 Å². The summed E-state index contributed by atoms with van der Waals surface area (Å²) in [7, 11) is 0. The first-order valence-electron chi connectivity index (χ1n) is 9.72. The van der Waals surface area contributed by atoms with Gasteiger partial charge in [0, 0.05) is 5.41 Å². The van der Waals surface area contributed by atoms with Crippen molar-refractivity contribution in [3.63, 3.8) is 0 Å². The average molecular weight is 316 g/mol. The van der Waals surface area contributed by atoms with E-state index in [1.165, 1.54) is 25.7 Å². The molecule has 0 heterocycles. The average Bonchev–Trinajstić information content (AvgIpc) is 2.80. The quantitative estimate of drug-likeness (QED) is 0.668. The lowest BCUT2D eigenvalue weighted by molar-refractivity contribution is -0.144. The summed E-state index contributed by atoms with van der Waals surface area (Å²) in [6.45, 7) is 4.77. The van der Waals surface area contributed by atoms with Gasteiger partial charge in [-0.25, -0.2) is 0 Å². The van der Waals surface area contributed by atoms with Gasteiger partial charge < -0.3 is 10.2 Å². The Morgan fingerprint density at radius 2 is 1.70 bits per heavy atom. The molecule has 0 aliphatic heterocycles. The molecule has 2 N–H and O–H groups in total. The minimum Gasteiger partial charge on any atom is -0.393 e. The second-order valence-corrected chi connectivity index (χ2v) is 9.58. The maximum absolute atomic E-state index is 11.0. The number of fused-ring (bicyclic) bond motifs is 5. The Balaban J connectivity index is 1.65. The third-order valence-corrected chi connectivity index (χ3v) is 9.03. The van der Waals surface area contributed by atoms with Crippen LogP contribution in [0.2, 0.25) is 0 Å². The van der Waals surface area contributed by atoms with Crippen molar-refractivity contribution in [1.29, 1.82) is 0 Å². The fraction of sp³-hybridized carbons (Fsp3) is 0.905. The molecule has 2 heteroatoms. The first-order chi connectivity index (χ1) is 10.8. The molecule has 0 aromatic carbocycles. The van der Waals surface area contributed by atoms with Gasteiger partial charge in [0.2, 0.25) is 0 Å². The molecule has 0 bridgehead atoms. The van der Waals surface area contributed by atoms with E-state index in [-0.39, 0.29) is 11.5 Å². The van der Waals surface area contributed by atoms with Crippen LogP contribution in [0.5, 0.6) is 0 Å². The zero-order valence-electron chi connectivity index (χ0n) is 14.7. The summed E-state index contributed by atoms with van der Waals surface area (Å²) >= 11 is 0. The summed E-state index contributed by atoms with van der Waals surface area (Å²) < 4.78 is 0. The summed E-state index contributed by atoms with van der Waals surface area (Å²) in [6, 6.07) is 0. The van der Waals surface area contributed by atoms with Crippen molar-refractivity contribution in [2.24, 2.45) is 34.5 Å². The number of rotatable bonds is 0. The molecular weight excluding hydrogens is 284 g/mol. The Hall–Kier alpha value is -0.520. The van der Waals surface area contributed by atoms with Crippen molar-refractivity contribution in [2.75, 3.05) is 0 Å². The van der Waals surface area contributed by atoms with Crippen molar-refractivity contribution in [1.82, 2.24) is 0 Å². The summed E-state index contributed by atoms with van der Waals surface area (Å²) in [5.41, 5.74) is -0.566. The van der Waals surface area contributed by atoms with Crippen LogP contribution in [0.3, 0.4) is 0 Å². The van der Waals surface area contributed by atoms with Gasteiger partial charge >= 0.3 is 0 Å². The number of aliphatic hydroxyl groups excluding tert-OH is 1. The molecule has 4 aliphatic rings. The van der Waals surface area contributed by atoms with Crippen LogP contribution in [0.25, 0.3) is 0 Å². The summed E-state index contributed by atoms with van der Waals surface area (Å²) in [4.78, 5) is 0. The first kappa shape index (κ1) is 16.0. The van der Waals surface area contributed by atoms with Crippen LogP contribution in [0.4, 0.5) is 0 Å². The zero-order valence-corrected chi connectivity index (χ0v) is 14.7. The molecule has 0 amide bonds. The molecule has 4 rings (SSSR count). The SMILES string of the molecule is C#C[C@]1(O)CC[C@@H]2[C@@H]3CC[C@H]4C[C@H](O)CC[C@]4(C)[C@H]3CC[C@]21C. The molecule has 4 aliphatic carbocycles. The Morgan fingerprint density at radius 3 is 2.43 bits per heavy atom. The Morgan fingerprint density at radius 1 is 0.957 bits per heavy atom. The normalized spacial score (nSPS) is 58.7. The smallest absolute Gasteiger partial charge is 0.130 e. The third kappa shape index (κ3) is 1.96. The largest absolute Gasteiger partial charge is 0.393 e. The Kier molecular flexibility index (Phi) is 3.47. The van der Waals surface area contributed by atoms with Crippen LogP contribution in [0, 0.1) is 46.8 Å². The number of hydrogen-bond donors (Lipinski definition) is 2. The van der Waals surface area contributed by atoms with E-state index in [4.69, 9.17) is 6.42 Å². The highest BCUT2D eigenvalue weighted by Gasteiger charge is 2.64. The van der Waals surface area contributed by atoms with E-state index in [0.29, 0.717) is 17.3 Å². The number of terminal acetylenes is 1. The van der Waals surface area contributed by atoms with Crippen molar-refractivity contribution >= 4 is 0 Å². The van der Waals surface area contributed by atoms with Crippen molar-refractivity contribution in [3.05, 3.63) is 0 Å². The van der Waals surface area contributed by atoms with Gasteiger partial charge in [-0.05, 0) is 86.9 Å². The number of aliphatic hydroxyl groups is 2. The molecule has 128 valence electrons. The molecule has 2 nitrogen and oxygen atoms in total. The Labute approximate surface area is 141 Å². The molecule has 0 unspecified atom stereocenters. The van der Waals surface area contributed by atoms with Gasteiger partial charge in [0.05, 0.1) is 6.10 Å². The highest BCUT2D eigenvalue weighted by molar-refractivity contribution is 5.23. The van der Waals surface area contributed by atoms with Crippen molar-refractivity contribution in [2.45, 2.75) is 83.3 Å². The second-order valence-electron chi connectivity index (χ2n) is 9.58. The topological polar surface area (TPSA) is 40.5 Å². The molecule has 0 radical (unpaired) electrons. The maximum Gasteiger partial charge on any atom is 0.130 e. The maximum atomic E-state index is 11.0. The van der Waals surface area contributed by atoms with E-state index >= 15 is 0 Å². The highest BCUT2D eigenvalue weighted by Crippen LogP contribution is 2.68. The molecule has 0 saturated heterocycles. The van der Waals surface area contributed by atoms with Gasteiger partial charge in [-0.2, -0.15) is 0 Å². The Bertz CT molecular complexity index is 536. The summed E-state index contributed by atoms with van der Waals surface area (Å²) in [5.74, 6) is 5.56. The van der Waals surface area contributed by atoms with Gasteiger partial charge in [0.15, 0.2) is 0 Å². The van der Waals surface area contributed by atoms with Crippen LogP contribution < -0.4 is 0 Å². The second kappa shape index (κ2) is 4.99. The van der Waals surface area contributed by atoms with E-state index in [0.717, 1.165) is 43.9 Å². The van der Waals surface area contributed by atoms with Gasteiger partial charge in [-0.3, -0.25) is 0 Å². The lowest BCUT2D eigenvalue weighted by atomic mass is 9.44. The van der Waals surface area contributed by atoms with E-state index in [1.54, 1.807) is 0 Å². The molecule has 4 saturated carbocycles. The predicted octanol–water partition coefficient (Wildman–Crippen LogP) is 3.75. The van der Waals surface area contributed by atoms with E-state index < -0.39 is 5.60 Å². The van der Waals surface area contributed by atoms with Crippen LogP contribution in [0.1, 0.15) is 71.6 Å². The molecule has 0 spiro atoms. The lowest BCUT2D eigenvalue weighted by Crippen LogP contribution is -2.56. The van der Waals surface area contributed by atoms with E-state index in [2.05, 4.69) is 19.8 Å². The minimum atomic E-state index is -0.886. The lowest BCUT2D eigenvalue weighted by Gasteiger charge is -2.61. The standard InChI is InChI=1S/C21H32O2/c1-4-21(23)12-9-18-16-6-5-14-13-15(22)7-10-19(14,2)17(16)8-11-20(18,21)3/h1,14-18,22-23H,5-13H2,2-3H3/t14-,15+,16+,17-,18+,19-,20+,21-/m0/s1. The predicted molar refractivity (Wildman–Crippen MR) is 91.5 cm³/mol. The number of hydrogen-bond acceptors (Lipinski definition) is 2. The molecule has 0 aromatic rings. The van der Waals surface area contributed by atoms with Gasteiger partial charge in [0.1, 0.15) is 5.60 Å². The van der Waals surface area contributed by atoms with E-state index in [1.807, 2.05) is 0 Å². The molecule has 4 fully saturated rings. The van der Waals surface area contributed by atoms with Gasteiger partial charge in [-0.15, -0.1) is 6.42 Å². The summed E-state index contributed by atoms with van der Waals surface area (Å²) in [6.07, 6.45) is 15.6. The third-order valence-electron chi connectivity index (χ3n) is 9.03. The highest BCUT2D eigenvalue weighted by atomic mass is 16.3. The van der Waals surface area contributed by atoms with Crippen molar-refractivity contribution in [3.8, 4) is 12.3 Å². The summed E-state index contributed by atoms with van der Waals surface area (Å²) in [5, 5.41) is 21.1. The van der Waals surface area contributed by atoms with Crippen LogP contribution >= 0.6 is 0 Å². The van der Waals surface area contributed by atoms with Crippen LogP contribution in [-0.2, 0) is 0 Å². The fourth-order valence-corrected chi connectivity index (χ4v) is 7.49. The molecule has 0 aromatic heterocycles. The zero-order chi connectivity index (χ0) is 16.5. The van der Waals surface area contributed by atoms with Crippen LogP contribution in [-0.4, -0.2) is 21.9 Å². The van der Waals surface area contributed by atoms with Gasteiger partial charge in [-0.1, -0.05) is 19.8 Å². The molecule has 8 atom stereocenters. The fourth-order valence-electron chi connectivity index (χ4n) is 7.49. The van der Waals surface area contributed by atoms with Gasteiger partial charge in [0.25, 0.3) is 0 Å². The first-order valence-corrected chi connectivity index (χ1v) is 9.72. The molecular formula is C21H32O2. The van der Waals surface area contributed by atoms with E-state index in [9.17, 15) is 10.2 Å². The molecule has 23 heavy (non-hydrogen) atoms. The monoisotopic (exact) mass is 316 g/mol. The minimum absolute atomic E-state index is 0.0727.